The van der Waals surface area contributed by atoms with Crippen LogP contribution in [0.25, 0.3) is 6.08 Å². The molecule has 0 aromatic heterocycles. The molecule has 0 unspecified atom stereocenters. The highest BCUT2D eigenvalue weighted by molar-refractivity contribution is 6.25. The molecule has 46 heavy (non-hydrogen) atoms. The number of benzene rings is 3. The summed E-state index contributed by atoms with van der Waals surface area (Å²) in [7, 11) is 0. The van der Waals surface area contributed by atoms with Crippen molar-refractivity contribution in [1.82, 2.24) is 10.0 Å². The third kappa shape index (κ3) is 4.58. The topological polar surface area (TPSA) is 98.0 Å². The lowest BCUT2D eigenvalue weighted by Crippen LogP contribution is -2.45. The molecular formula is C32H23F5N6O3. The minimum absolute atomic E-state index is 0.126. The molecule has 0 N–H and O–H groups in total. The van der Waals surface area contributed by atoms with Crippen molar-refractivity contribution in [1.29, 1.82) is 0 Å². The van der Waals surface area contributed by atoms with E-state index in [0.717, 1.165) is 46.7 Å². The number of rotatable bonds is 5. The highest BCUT2D eigenvalue weighted by atomic mass is 19.2. The standard InChI is InChI=1S/C32H23F5N6O3/c33-21-22(34)24(36)29(25(37)23(21)35)42-31(45)27-30(32(42)46)41(40-38-27)15-20(44)43-28(17-10-5-2-6-11-17)19-13-7-12-18(26(19)39-43)14-16-8-3-1-4-9-16/h1-6,8-11,14,19,27-28,30H,7,12-13,15H2/b18-14-/t19-,27+,28-,30+/m0/s1. The Labute approximate surface area is 258 Å². The van der Waals surface area contributed by atoms with E-state index in [0.29, 0.717) is 0 Å². The number of allylic oxidation sites excluding steroid dienone is 1. The summed E-state index contributed by atoms with van der Waals surface area (Å²) in [5.41, 5.74) is 1.83. The second-order valence-electron chi connectivity index (χ2n) is 11.3. The molecule has 0 bridgehead atoms. The molecule has 0 spiro atoms. The number of hydrogen-bond donors (Lipinski definition) is 0. The normalized spacial score (nSPS) is 24.6. The number of anilines is 1. The fourth-order valence-electron chi connectivity index (χ4n) is 6.52. The zero-order chi connectivity index (χ0) is 32.3. The summed E-state index contributed by atoms with van der Waals surface area (Å²) in [6, 6.07) is 15.2. The molecule has 9 nitrogen and oxygen atoms in total. The molecule has 4 atom stereocenters. The summed E-state index contributed by atoms with van der Waals surface area (Å²) in [6.45, 7) is -0.612. The van der Waals surface area contributed by atoms with E-state index in [1.54, 1.807) is 0 Å². The lowest BCUT2D eigenvalue weighted by molar-refractivity contribution is -0.136. The van der Waals surface area contributed by atoms with Crippen LogP contribution in [0.15, 0.2) is 81.7 Å². The van der Waals surface area contributed by atoms with Gasteiger partial charge in [-0.15, -0.1) is 0 Å². The van der Waals surface area contributed by atoms with Gasteiger partial charge in [-0.1, -0.05) is 65.9 Å². The van der Waals surface area contributed by atoms with E-state index in [2.05, 4.69) is 10.3 Å². The Hall–Kier alpha value is -5.27. The Morgan fingerprint density at radius 1 is 0.826 bits per heavy atom. The van der Waals surface area contributed by atoms with Gasteiger partial charge in [-0.25, -0.2) is 31.9 Å². The van der Waals surface area contributed by atoms with Gasteiger partial charge in [0.05, 0.1) is 11.8 Å². The summed E-state index contributed by atoms with van der Waals surface area (Å²) in [4.78, 5) is 40.2. The number of nitrogens with zero attached hydrogens (tertiary/aromatic N) is 6. The van der Waals surface area contributed by atoms with Gasteiger partial charge in [-0.2, -0.15) is 10.2 Å². The van der Waals surface area contributed by atoms with Crippen molar-refractivity contribution >= 4 is 35.2 Å². The zero-order valence-electron chi connectivity index (χ0n) is 23.8. The Morgan fingerprint density at radius 3 is 2.13 bits per heavy atom. The number of fused-ring (bicyclic) bond motifs is 2. The number of carbonyl (C=O) groups is 3. The molecule has 3 aliphatic heterocycles. The molecule has 4 aliphatic rings. The maximum atomic E-state index is 14.6. The first-order valence-corrected chi connectivity index (χ1v) is 14.5. The summed E-state index contributed by atoms with van der Waals surface area (Å²) in [5, 5.41) is 14.5. The molecule has 1 aliphatic carbocycles. The van der Waals surface area contributed by atoms with Crippen molar-refractivity contribution in [3.63, 3.8) is 0 Å². The van der Waals surface area contributed by atoms with Crippen LogP contribution in [0.2, 0.25) is 0 Å². The minimum atomic E-state index is -2.44. The number of halogens is 5. The molecule has 1 saturated heterocycles. The van der Waals surface area contributed by atoms with Crippen molar-refractivity contribution in [2.24, 2.45) is 21.4 Å². The number of carbonyl (C=O) groups excluding carboxylic acids is 3. The van der Waals surface area contributed by atoms with Gasteiger partial charge >= 0.3 is 0 Å². The van der Waals surface area contributed by atoms with Crippen molar-refractivity contribution in [2.75, 3.05) is 11.4 Å². The van der Waals surface area contributed by atoms with Crippen molar-refractivity contribution < 1.29 is 36.3 Å². The van der Waals surface area contributed by atoms with Crippen molar-refractivity contribution in [3.05, 3.63) is 106 Å². The van der Waals surface area contributed by atoms with Gasteiger partial charge in [-0.3, -0.25) is 19.4 Å². The first-order valence-electron chi connectivity index (χ1n) is 14.5. The highest BCUT2D eigenvalue weighted by Gasteiger charge is 2.57. The van der Waals surface area contributed by atoms with Gasteiger partial charge in [0, 0.05) is 5.92 Å². The monoisotopic (exact) mass is 634 g/mol. The molecule has 3 aromatic carbocycles. The van der Waals surface area contributed by atoms with Crippen LogP contribution >= 0.6 is 0 Å². The first kappa shape index (κ1) is 29.4. The molecule has 14 heteroatoms. The fraction of sp³-hybridized carbons (Fsp3) is 0.250. The fourth-order valence-corrected chi connectivity index (χ4v) is 6.52. The number of amides is 3. The van der Waals surface area contributed by atoms with E-state index in [1.807, 2.05) is 66.7 Å². The van der Waals surface area contributed by atoms with Crippen LogP contribution in [0.3, 0.4) is 0 Å². The van der Waals surface area contributed by atoms with E-state index in [4.69, 9.17) is 5.10 Å². The van der Waals surface area contributed by atoms with Crippen LogP contribution in [0.5, 0.6) is 0 Å². The van der Waals surface area contributed by atoms with Crippen LogP contribution in [0.1, 0.15) is 36.4 Å². The predicted octanol–water partition coefficient (Wildman–Crippen LogP) is 5.50. The van der Waals surface area contributed by atoms with E-state index in [9.17, 15) is 36.3 Å². The molecule has 3 amide bonds. The van der Waals surface area contributed by atoms with E-state index in [-0.39, 0.29) is 10.8 Å². The number of hydrazone groups is 1. The van der Waals surface area contributed by atoms with Gasteiger partial charge in [0.15, 0.2) is 35.4 Å². The Kier molecular flexibility index (Phi) is 7.21. The van der Waals surface area contributed by atoms with Gasteiger partial charge < -0.3 is 0 Å². The van der Waals surface area contributed by atoms with Gasteiger partial charge in [-0.05, 0) is 42.0 Å². The third-order valence-electron chi connectivity index (χ3n) is 8.60. The molecule has 2 fully saturated rings. The second kappa shape index (κ2) is 11.3. The second-order valence-corrected chi connectivity index (χ2v) is 11.3. The van der Waals surface area contributed by atoms with Crippen LogP contribution in [0, 0.1) is 35.0 Å². The van der Waals surface area contributed by atoms with Crippen molar-refractivity contribution in [2.45, 2.75) is 37.4 Å². The number of hydrogen-bond acceptors (Lipinski definition) is 7. The Morgan fingerprint density at radius 2 is 1.46 bits per heavy atom. The minimum Gasteiger partial charge on any atom is -0.271 e. The van der Waals surface area contributed by atoms with Crippen LogP contribution in [0.4, 0.5) is 27.6 Å². The Bertz CT molecular complexity index is 1840. The molecule has 3 aromatic rings. The highest BCUT2D eigenvalue weighted by Crippen LogP contribution is 2.45. The Balaban J connectivity index is 1.20. The molecule has 234 valence electrons. The largest absolute Gasteiger partial charge is 0.271 e. The maximum absolute atomic E-state index is 14.6. The summed E-state index contributed by atoms with van der Waals surface area (Å²) in [6.07, 6.45) is 4.41. The van der Waals surface area contributed by atoms with Gasteiger partial charge in [0.1, 0.15) is 12.2 Å². The van der Waals surface area contributed by atoms with Gasteiger partial charge in [0.25, 0.3) is 17.7 Å². The van der Waals surface area contributed by atoms with E-state index >= 15 is 0 Å². The molecule has 3 heterocycles. The maximum Gasteiger partial charge on any atom is 0.264 e. The van der Waals surface area contributed by atoms with E-state index in [1.165, 1.54) is 5.01 Å². The number of imide groups is 1. The zero-order valence-corrected chi connectivity index (χ0v) is 23.8. The predicted molar refractivity (Wildman–Crippen MR) is 153 cm³/mol. The molecule has 7 rings (SSSR count). The molecule has 0 radical (unpaired) electrons. The third-order valence-corrected chi connectivity index (χ3v) is 8.60. The van der Waals surface area contributed by atoms with Crippen LogP contribution in [-0.4, -0.2) is 52.1 Å². The summed E-state index contributed by atoms with van der Waals surface area (Å²) < 4.78 is 70.7. The summed E-state index contributed by atoms with van der Waals surface area (Å²) in [5.74, 6) is -15.2. The average Bonchev–Trinajstić information content (AvgIpc) is 3.74. The van der Waals surface area contributed by atoms with Crippen molar-refractivity contribution in [3.8, 4) is 0 Å². The average molecular weight is 635 g/mol. The molecular weight excluding hydrogens is 611 g/mol. The quantitative estimate of drug-likeness (QED) is 0.160. The van der Waals surface area contributed by atoms with E-state index < -0.39 is 77.2 Å². The van der Waals surface area contributed by atoms with Gasteiger partial charge in [0.2, 0.25) is 5.82 Å². The molecule has 1 saturated carbocycles. The SMILES string of the molecule is O=C1[C@@H]2N=NN(CC(=O)N3N=C4/C(=C\c5ccccc5)CCC[C@@H]4[C@@H]3c3ccccc3)[C@H]2C(=O)N1c1c(F)c(F)c(F)c(F)c1F. The smallest absolute Gasteiger partial charge is 0.264 e. The summed E-state index contributed by atoms with van der Waals surface area (Å²) >= 11 is 0. The lowest BCUT2D eigenvalue weighted by atomic mass is 9.77. The lowest BCUT2D eigenvalue weighted by Gasteiger charge is -2.30. The van der Waals surface area contributed by atoms with Crippen LogP contribution in [-0.2, 0) is 14.4 Å². The first-order chi connectivity index (χ1) is 22.2. The van der Waals surface area contributed by atoms with Crippen LogP contribution < -0.4 is 4.90 Å².